The summed E-state index contributed by atoms with van der Waals surface area (Å²) >= 11 is 0. The van der Waals surface area contributed by atoms with Crippen molar-refractivity contribution in [3.8, 4) is 0 Å². The highest BCUT2D eigenvalue weighted by Crippen LogP contribution is 2.23. The van der Waals surface area contributed by atoms with E-state index in [4.69, 9.17) is 4.74 Å². The van der Waals surface area contributed by atoms with E-state index >= 15 is 0 Å². The number of fused-ring (bicyclic) bond motifs is 1. The molecule has 0 radical (unpaired) electrons. The summed E-state index contributed by atoms with van der Waals surface area (Å²) in [7, 11) is 0. The van der Waals surface area contributed by atoms with Gasteiger partial charge >= 0.3 is 0 Å². The van der Waals surface area contributed by atoms with Crippen LogP contribution in [0.15, 0.2) is 30.5 Å². The van der Waals surface area contributed by atoms with Gasteiger partial charge in [0.2, 0.25) is 0 Å². The van der Waals surface area contributed by atoms with Gasteiger partial charge in [0.25, 0.3) is 0 Å². The second-order valence-corrected chi connectivity index (χ2v) is 6.48. The van der Waals surface area contributed by atoms with Crippen molar-refractivity contribution in [1.29, 1.82) is 0 Å². The molecular formula is C18H26N2O. The molecule has 0 spiro atoms. The minimum Gasteiger partial charge on any atom is -0.379 e. The average Bonchev–Trinajstić information content (AvgIpc) is 3.21. The van der Waals surface area contributed by atoms with Gasteiger partial charge in [-0.2, -0.15) is 0 Å². The lowest BCUT2D eigenvalue weighted by Crippen LogP contribution is -2.15. The van der Waals surface area contributed by atoms with E-state index in [1.54, 1.807) is 0 Å². The number of ether oxygens (including phenoxy) is 1. The van der Waals surface area contributed by atoms with E-state index in [9.17, 15) is 0 Å². The maximum Gasteiger partial charge on any atom is 0.0645 e. The molecule has 1 aliphatic carbocycles. The van der Waals surface area contributed by atoms with Crippen LogP contribution in [0.2, 0.25) is 0 Å². The molecule has 3 nitrogen and oxygen atoms in total. The van der Waals surface area contributed by atoms with Gasteiger partial charge in [-0.05, 0) is 36.5 Å². The summed E-state index contributed by atoms with van der Waals surface area (Å²) < 4.78 is 8.00. The smallest absolute Gasteiger partial charge is 0.0645 e. The van der Waals surface area contributed by atoms with Gasteiger partial charge in [0, 0.05) is 42.8 Å². The highest BCUT2D eigenvalue weighted by atomic mass is 16.5. The van der Waals surface area contributed by atoms with Crippen LogP contribution in [-0.2, 0) is 17.8 Å². The highest BCUT2D eigenvalue weighted by Gasteiger charge is 2.20. The molecule has 1 saturated carbocycles. The number of hydrogen-bond acceptors (Lipinski definition) is 2. The summed E-state index contributed by atoms with van der Waals surface area (Å²) in [5.41, 5.74) is 2.72. The van der Waals surface area contributed by atoms with Crippen LogP contribution in [0.3, 0.4) is 0 Å². The van der Waals surface area contributed by atoms with E-state index in [-0.39, 0.29) is 0 Å². The Morgan fingerprint density at radius 3 is 2.90 bits per heavy atom. The van der Waals surface area contributed by atoms with Crippen LogP contribution in [0.25, 0.3) is 10.9 Å². The molecule has 1 aromatic carbocycles. The van der Waals surface area contributed by atoms with Crippen molar-refractivity contribution < 1.29 is 4.74 Å². The first-order valence-corrected chi connectivity index (χ1v) is 8.12. The zero-order valence-electron chi connectivity index (χ0n) is 13.1. The fourth-order valence-corrected chi connectivity index (χ4v) is 2.66. The van der Waals surface area contributed by atoms with Gasteiger partial charge in [-0.1, -0.05) is 26.0 Å². The predicted molar refractivity (Wildman–Crippen MR) is 87.5 cm³/mol. The molecule has 1 fully saturated rings. The maximum atomic E-state index is 5.70. The van der Waals surface area contributed by atoms with Gasteiger partial charge in [-0.3, -0.25) is 0 Å². The molecule has 1 N–H and O–H groups in total. The van der Waals surface area contributed by atoms with Gasteiger partial charge in [-0.15, -0.1) is 0 Å². The topological polar surface area (TPSA) is 26.2 Å². The Bertz CT molecular complexity index is 584. The van der Waals surface area contributed by atoms with Crippen LogP contribution >= 0.6 is 0 Å². The normalized spacial score (nSPS) is 15.2. The summed E-state index contributed by atoms with van der Waals surface area (Å²) in [6, 6.07) is 9.60. The Kier molecular flexibility index (Phi) is 4.61. The first-order chi connectivity index (χ1) is 10.2. The summed E-state index contributed by atoms with van der Waals surface area (Å²) in [5, 5.41) is 4.98. The van der Waals surface area contributed by atoms with Crippen LogP contribution < -0.4 is 5.32 Å². The van der Waals surface area contributed by atoms with Gasteiger partial charge in [0.15, 0.2) is 0 Å². The number of hydrogen-bond donors (Lipinski definition) is 1. The molecule has 0 bridgehead atoms. The zero-order chi connectivity index (χ0) is 14.7. The van der Waals surface area contributed by atoms with Crippen molar-refractivity contribution in [1.82, 2.24) is 9.88 Å². The van der Waals surface area contributed by atoms with Gasteiger partial charge in [-0.25, -0.2) is 0 Å². The van der Waals surface area contributed by atoms with Crippen molar-refractivity contribution in [3.05, 3.63) is 36.0 Å². The van der Waals surface area contributed by atoms with E-state index in [0.29, 0.717) is 5.92 Å². The molecule has 1 heterocycles. The second kappa shape index (κ2) is 6.63. The number of nitrogens with zero attached hydrogens (tertiary/aromatic N) is 1. The summed E-state index contributed by atoms with van der Waals surface area (Å²) in [6.07, 6.45) is 4.86. The van der Waals surface area contributed by atoms with Crippen molar-refractivity contribution >= 4 is 10.9 Å². The van der Waals surface area contributed by atoms with Crippen LogP contribution in [0.5, 0.6) is 0 Å². The fraction of sp³-hybridized carbons (Fsp3) is 0.556. The molecule has 0 amide bonds. The van der Waals surface area contributed by atoms with Gasteiger partial charge < -0.3 is 14.6 Å². The predicted octanol–water partition coefficient (Wildman–Crippen LogP) is 3.57. The molecular weight excluding hydrogens is 260 g/mol. The Balaban J connectivity index is 1.64. The molecule has 114 valence electrons. The lowest BCUT2D eigenvalue weighted by atomic mass is 10.1. The fourth-order valence-electron chi connectivity index (χ4n) is 2.66. The lowest BCUT2D eigenvalue weighted by Gasteiger charge is -2.10. The van der Waals surface area contributed by atoms with Crippen LogP contribution in [0, 0.1) is 5.92 Å². The Labute approximate surface area is 127 Å². The van der Waals surface area contributed by atoms with Gasteiger partial charge in [0.05, 0.1) is 6.61 Å². The zero-order valence-corrected chi connectivity index (χ0v) is 13.1. The van der Waals surface area contributed by atoms with E-state index in [1.165, 1.54) is 29.3 Å². The summed E-state index contributed by atoms with van der Waals surface area (Å²) in [5.74, 6) is 0.603. The highest BCUT2D eigenvalue weighted by molar-refractivity contribution is 5.83. The summed E-state index contributed by atoms with van der Waals surface area (Å²) in [6.45, 7) is 7.91. The van der Waals surface area contributed by atoms with Crippen molar-refractivity contribution in [2.45, 2.75) is 45.8 Å². The molecule has 2 aromatic rings. The van der Waals surface area contributed by atoms with E-state index in [0.717, 1.165) is 32.3 Å². The minimum absolute atomic E-state index is 0.603. The quantitative estimate of drug-likeness (QED) is 0.751. The third kappa shape index (κ3) is 3.86. The van der Waals surface area contributed by atoms with Crippen LogP contribution in [0.1, 0.15) is 32.3 Å². The number of aromatic nitrogens is 1. The Morgan fingerprint density at radius 2 is 2.14 bits per heavy atom. The molecule has 1 aromatic heterocycles. The first kappa shape index (κ1) is 14.6. The van der Waals surface area contributed by atoms with E-state index in [1.807, 2.05) is 0 Å². The van der Waals surface area contributed by atoms with Crippen LogP contribution in [-0.4, -0.2) is 23.8 Å². The second-order valence-electron chi connectivity index (χ2n) is 6.48. The molecule has 3 heteroatoms. The molecule has 0 unspecified atom stereocenters. The van der Waals surface area contributed by atoms with E-state index < -0.39 is 0 Å². The number of nitrogens with one attached hydrogen (secondary N) is 1. The molecule has 0 atom stereocenters. The van der Waals surface area contributed by atoms with Crippen molar-refractivity contribution in [2.75, 3.05) is 13.2 Å². The molecule has 1 aliphatic rings. The van der Waals surface area contributed by atoms with Crippen molar-refractivity contribution in [3.63, 3.8) is 0 Å². The lowest BCUT2D eigenvalue weighted by molar-refractivity contribution is 0.104. The first-order valence-electron chi connectivity index (χ1n) is 8.12. The number of rotatable bonds is 8. The maximum absolute atomic E-state index is 5.70. The molecule has 0 saturated heterocycles. The third-order valence-corrected chi connectivity index (χ3v) is 3.99. The minimum atomic E-state index is 0.603. The van der Waals surface area contributed by atoms with Crippen LogP contribution in [0.4, 0.5) is 0 Å². The van der Waals surface area contributed by atoms with E-state index in [2.05, 4.69) is 54.2 Å². The molecule has 0 aliphatic heterocycles. The Morgan fingerprint density at radius 1 is 1.29 bits per heavy atom. The third-order valence-electron chi connectivity index (χ3n) is 3.99. The summed E-state index contributed by atoms with van der Waals surface area (Å²) in [4.78, 5) is 0. The van der Waals surface area contributed by atoms with Gasteiger partial charge in [0.1, 0.15) is 0 Å². The largest absolute Gasteiger partial charge is 0.379 e. The standard InChI is InChI=1S/C18H26N2O/c1-14(2)13-21-11-10-20-9-8-17-15(4-3-5-18(17)20)12-19-16-6-7-16/h3-5,8-9,14,16,19H,6-7,10-13H2,1-2H3. The van der Waals surface area contributed by atoms with Crippen molar-refractivity contribution in [2.24, 2.45) is 5.92 Å². The SMILES string of the molecule is CC(C)COCCn1ccc2c(CNC3CC3)cccc21. The number of benzene rings is 1. The molecule has 21 heavy (non-hydrogen) atoms. The average molecular weight is 286 g/mol. The monoisotopic (exact) mass is 286 g/mol. The Hall–Kier alpha value is -1.32. The molecule has 3 rings (SSSR count).